The van der Waals surface area contributed by atoms with Gasteiger partial charge < -0.3 is 4.57 Å². The molecule has 25 heavy (non-hydrogen) atoms. The highest BCUT2D eigenvalue weighted by Crippen LogP contribution is 2.38. The maximum Gasteiger partial charge on any atom is 0.0609 e. The third-order valence-electron chi connectivity index (χ3n) is 4.41. The minimum absolute atomic E-state index is 0.747. The molecule has 122 valence electrons. The highest BCUT2D eigenvalue weighted by molar-refractivity contribution is 6.30. The van der Waals surface area contributed by atoms with Crippen molar-refractivity contribution >= 4 is 11.6 Å². The summed E-state index contributed by atoms with van der Waals surface area (Å²) in [6.45, 7) is 2.17. The summed E-state index contributed by atoms with van der Waals surface area (Å²) in [5.74, 6) is 0. The third kappa shape index (κ3) is 2.99. The first-order valence-corrected chi connectivity index (χ1v) is 8.70. The molecule has 4 aromatic rings. The number of rotatable bonds is 3. The van der Waals surface area contributed by atoms with Crippen molar-refractivity contribution in [1.29, 1.82) is 0 Å². The summed E-state index contributed by atoms with van der Waals surface area (Å²) in [6, 6.07) is 29.1. The minimum atomic E-state index is 0.747. The van der Waals surface area contributed by atoms with E-state index in [4.69, 9.17) is 11.6 Å². The van der Waals surface area contributed by atoms with E-state index in [0.29, 0.717) is 0 Å². The van der Waals surface area contributed by atoms with Crippen molar-refractivity contribution < 1.29 is 0 Å². The lowest BCUT2D eigenvalue weighted by Gasteiger charge is -2.13. The zero-order valence-corrected chi connectivity index (χ0v) is 14.7. The largest absolute Gasteiger partial charge is 0.316 e. The summed E-state index contributed by atoms with van der Waals surface area (Å²) in [4.78, 5) is 0. The van der Waals surface area contributed by atoms with E-state index in [-0.39, 0.29) is 0 Å². The van der Waals surface area contributed by atoms with Gasteiger partial charge in [-0.2, -0.15) is 0 Å². The molecule has 0 radical (unpaired) electrons. The Labute approximate surface area is 153 Å². The molecule has 0 aliphatic carbocycles. The van der Waals surface area contributed by atoms with Gasteiger partial charge in [-0.15, -0.1) is 0 Å². The molecule has 0 aliphatic rings. The zero-order valence-electron chi connectivity index (χ0n) is 14.0. The molecule has 1 heterocycles. The fraction of sp³-hybridized carbons (Fsp3) is 0.0435. The second kappa shape index (κ2) is 6.62. The minimum Gasteiger partial charge on any atom is -0.316 e. The van der Waals surface area contributed by atoms with Crippen LogP contribution in [0.4, 0.5) is 0 Å². The van der Waals surface area contributed by atoms with Crippen LogP contribution in [0.5, 0.6) is 0 Å². The molecule has 4 rings (SSSR count). The topological polar surface area (TPSA) is 4.93 Å². The van der Waals surface area contributed by atoms with Crippen molar-refractivity contribution in [3.05, 3.63) is 102 Å². The molecule has 0 aliphatic heterocycles. The monoisotopic (exact) mass is 343 g/mol. The highest BCUT2D eigenvalue weighted by atomic mass is 35.5. The molecule has 0 fully saturated rings. The first kappa shape index (κ1) is 15.7. The molecule has 0 amide bonds. The van der Waals surface area contributed by atoms with Crippen LogP contribution >= 0.6 is 11.6 Å². The molecule has 0 N–H and O–H groups in total. The van der Waals surface area contributed by atoms with Crippen LogP contribution in [-0.2, 0) is 0 Å². The van der Waals surface area contributed by atoms with Crippen LogP contribution in [0.2, 0.25) is 5.02 Å². The quantitative estimate of drug-likeness (QED) is 0.386. The van der Waals surface area contributed by atoms with Gasteiger partial charge in [-0.3, -0.25) is 0 Å². The van der Waals surface area contributed by atoms with Gasteiger partial charge in [0.05, 0.1) is 5.69 Å². The lowest BCUT2D eigenvalue weighted by molar-refractivity contribution is 1.08. The smallest absolute Gasteiger partial charge is 0.0609 e. The van der Waals surface area contributed by atoms with E-state index >= 15 is 0 Å². The van der Waals surface area contributed by atoms with Gasteiger partial charge in [0.15, 0.2) is 0 Å². The Morgan fingerprint density at radius 3 is 1.84 bits per heavy atom. The molecule has 0 spiro atoms. The van der Waals surface area contributed by atoms with Crippen LogP contribution in [0.3, 0.4) is 0 Å². The predicted molar refractivity (Wildman–Crippen MR) is 106 cm³/mol. The van der Waals surface area contributed by atoms with Crippen molar-refractivity contribution in [1.82, 2.24) is 4.57 Å². The molecule has 0 saturated heterocycles. The third-order valence-corrected chi connectivity index (χ3v) is 4.66. The van der Waals surface area contributed by atoms with Crippen molar-refractivity contribution in [2.75, 3.05) is 0 Å². The fourth-order valence-electron chi connectivity index (χ4n) is 3.28. The first-order valence-electron chi connectivity index (χ1n) is 8.33. The Morgan fingerprint density at radius 2 is 1.24 bits per heavy atom. The number of hydrogen-bond donors (Lipinski definition) is 0. The number of aromatic nitrogens is 1. The Hall–Kier alpha value is -2.77. The van der Waals surface area contributed by atoms with Crippen LogP contribution in [0.25, 0.3) is 28.1 Å². The summed E-state index contributed by atoms with van der Waals surface area (Å²) in [7, 11) is 0. The van der Waals surface area contributed by atoms with Crippen molar-refractivity contribution in [3.8, 4) is 28.1 Å². The van der Waals surface area contributed by atoms with Gasteiger partial charge in [-0.05, 0) is 47.9 Å². The average Bonchev–Trinajstić information content (AvgIpc) is 3.01. The van der Waals surface area contributed by atoms with E-state index in [1.165, 1.54) is 27.9 Å². The van der Waals surface area contributed by atoms with Crippen LogP contribution in [-0.4, -0.2) is 4.57 Å². The molecular weight excluding hydrogens is 326 g/mol. The van der Waals surface area contributed by atoms with Crippen molar-refractivity contribution in [2.24, 2.45) is 0 Å². The number of halogens is 1. The van der Waals surface area contributed by atoms with E-state index in [2.05, 4.69) is 84.4 Å². The van der Waals surface area contributed by atoms with Gasteiger partial charge >= 0.3 is 0 Å². The van der Waals surface area contributed by atoms with Gasteiger partial charge in [0.25, 0.3) is 0 Å². The number of benzene rings is 3. The summed E-state index contributed by atoms with van der Waals surface area (Å²) in [6.07, 6.45) is 2.20. The summed E-state index contributed by atoms with van der Waals surface area (Å²) in [5.41, 5.74) is 7.25. The number of aryl methyl sites for hydroxylation is 1. The SMILES string of the molecule is Cc1cn(-c2ccc(Cl)cc2)c(-c2ccccc2)c1-c1ccccc1. The van der Waals surface area contributed by atoms with Gasteiger partial charge in [0.2, 0.25) is 0 Å². The number of nitrogens with zero attached hydrogens (tertiary/aromatic N) is 1. The summed E-state index contributed by atoms with van der Waals surface area (Å²) < 4.78 is 2.25. The summed E-state index contributed by atoms with van der Waals surface area (Å²) in [5, 5.41) is 0.747. The van der Waals surface area contributed by atoms with E-state index in [1.807, 2.05) is 18.2 Å². The fourth-order valence-corrected chi connectivity index (χ4v) is 3.41. The lowest BCUT2D eigenvalue weighted by atomic mass is 9.98. The zero-order chi connectivity index (χ0) is 17.2. The molecule has 1 aromatic heterocycles. The van der Waals surface area contributed by atoms with Crippen molar-refractivity contribution in [2.45, 2.75) is 6.92 Å². The molecule has 0 unspecified atom stereocenters. The van der Waals surface area contributed by atoms with Gasteiger partial charge in [0, 0.05) is 22.5 Å². The molecule has 0 saturated carbocycles. The van der Waals surface area contributed by atoms with E-state index in [0.717, 1.165) is 10.7 Å². The Morgan fingerprint density at radius 1 is 0.680 bits per heavy atom. The second-order valence-electron chi connectivity index (χ2n) is 6.11. The van der Waals surface area contributed by atoms with Crippen LogP contribution < -0.4 is 0 Å². The molecule has 2 heteroatoms. The van der Waals surface area contributed by atoms with Crippen LogP contribution in [0.1, 0.15) is 5.56 Å². The van der Waals surface area contributed by atoms with Crippen molar-refractivity contribution in [3.63, 3.8) is 0 Å². The molecule has 0 bridgehead atoms. The van der Waals surface area contributed by atoms with Crippen LogP contribution in [0, 0.1) is 6.92 Å². The molecule has 3 aromatic carbocycles. The van der Waals surface area contributed by atoms with Gasteiger partial charge in [0.1, 0.15) is 0 Å². The Bertz CT molecular complexity index is 984. The standard InChI is InChI=1S/C23H18ClN/c1-17-16-25(21-14-12-20(24)13-15-21)23(19-10-6-3-7-11-19)22(17)18-8-4-2-5-9-18/h2-16H,1H3. The van der Waals surface area contributed by atoms with Gasteiger partial charge in [-0.1, -0.05) is 72.3 Å². The molecule has 0 atom stereocenters. The normalized spacial score (nSPS) is 10.8. The maximum absolute atomic E-state index is 6.08. The first-order chi connectivity index (χ1) is 12.2. The Balaban J connectivity index is 2.01. The van der Waals surface area contributed by atoms with E-state index < -0.39 is 0 Å². The van der Waals surface area contributed by atoms with E-state index in [1.54, 1.807) is 0 Å². The lowest BCUT2D eigenvalue weighted by Crippen LogP contribution is -1.96. The predicted octanol–water partition coefficient (Wildman–Crippen LogP) is 6.77. The molecule has 1 nitrogen and oxygen atoms in total. The van der Waals surface area contributed by atoms with Crippen LogP contribution in [0.15, 0.2) is 91.1 Å². The molecular formula is C23H18ClN. The number of hydrogen-bond acceptors (Lipinski definition) is 0. The second-order valence-corrected chi connectivity index (χ2v) is 6.55. The average molecular weight is 344 g/mol. The maximum atomic E-state index is 6.08. The highest BCUT2D eigenvalue weighted by Gasteiger charge is 2.17. The van der Waals surface area contributed by atoms with Gasteiger partial charge in [-0.25, -0.2) is 0 Å². The Kier molecular flexibility index (Phi) is 4.17. The summed E-state index contributed by atoms with van der Waals surface area (Å²) >= 11 is 6.08. The van der Waals surface area contributed by atoms with E-state index in [9.17, 15) is 0 Å².